The predicted molar refractivity (Wildman–Crippen MR) is 115 cm³/mol. The van der Waals surface area contributed by atoms with Crippen LogP contribution in [0, 0.1) is 6.92 Å². The van der Waals surface area contributed by atoms with Gasteiger partial charge < -0.3 is 10.6 Å². The lowest BCUT2D eigenvalue weighted by Crippen LogP contribution is -2.55. The van der Waals surface area contributed by atoms with Gasteiger partial charge in [0, 0.05) is 24.7 Å². The smallest absolute Gasteiger partial charge is 0.252 e. The number of hydrogen-bond donors (Lipinski definition) is 2. The van der Waals surface area contributed by atoms with Crippen LogP contribution in [0.25, 0.3) is 11.0 Å². The predicted octanol–water partition coefficient (Wildman–Crippen LogP) is 3.25. The van der Waals surface area contributed by atoms with Crippen molar-refractivity contribution in [1.29, 1.82) is 0 Å². The number of piperidine rings is 1. The molecule has 30 heavy (non-hydrogen) atoms. The molecule has 0 aliphatic carbocycles. The Morgan fingerprint density at radius 3 is 2.77 bits per heavy atom. The van der Waals surface area contributed by atoms with Crippen molar-refractivity contribution in [3.05, 3.63) is 59.4 Å². The average Bonchev–Trinajstić information content (AvgIpc) is 3.16. The molecule has 1 aromatic carbocycles. The molecule has 3 aromatic rings. The Morgan fingerprint density at radius 1 is 1.30 bits per heavy atom. The van der Waals surface area contributed by atoms with E-state index in [0.29, 0.717) is 24.2 Å². The van der Waals surface area contributed by atoms with Gasteiger partial charge in [-0.15, -0.1) is 0 Å². The molecule has 1 fully saturated rings. The van der Waals surface area contributed by atoms with E-state index < -0.39 is 5.54 Å². The molecule has 1 unspecified atom stereocenters. The molecular formula is C23H27N5O2. The van der Waals surface area contributed by atoms with Gasteiger partial charge in [0.15, 0.2) is 5.65 Å². The Kier molecular flexibility index (Phi) is 5.28. The van der Waals surface area contributed by atoms with Crippen molar-refractivity contribution < 1.29 is 9.59 Å². The molecule has 156 valence electrons. The van der Waals surface area contributed by atoms with Gasteiger partial charge in [0.2, 0.25) is 5.91 Å². The lowest BCUT2D eigenvalue weighted by Gasteiger charge is -2.38. The van der Waals surface area contributed by atoms with Crippen LogP contribution in [0.2, 0.25) is 0 Å². The van der Waals surface area contributed by atoms with Crippen LogP contribution in [0.5, 0.6) is 0 Å². The number of aromatic nitrogens is 3. The molecule has 4 rings (SSSR count). The summed E-state index contributed by atoms with van der Waals surface area (Å²) in [5.41, 5.74) is 2.42. The fourth-order valence-corrected chi connectivity index (χ4v) is 4.19. The first-order chi connectivity index (χ1) is 14.4. The highest BCUT2D eigenvalue weighted by Crippen LogP contribution is 2.30. The fraction of sp³-hybridized carbons (Fsp3) is 0.391. The zero-order valence-electron chi connectivity index (χ0n) is 17.6. The SMILES string of the molecule is Cc1cc(C(=O)NCC2(c3ccccc3)CCCC(=O)N2)c2cnn(C(C)C)c2n1. The molecule has 7 heteroatoms. The molecule has 0 radical (unpaired) electrons. The molecule has 1 aliphatic heterocycles. The van der Waals surface area contributed by atoms with Crippen molar-refractivity contribution in [3.8, 4) is 0 Å². The Labute approximate surface area is 175 Å². The summed E-state index contributed by atoms with van der Waals surface area (Å²) < 4.78 is 1.83. The third-order valence-electron chi connectivity index (χ3n) is 5.69. The number of hydrogen-bond acceptors (Lipinski definition) is 4. The number of aryl methyl sites for hydroxylation is 1. The maximum Gasteiger partial charge on any atom is 0.252 e. The van der Waals surface area contributed by atoms with Gasteiger partial charge >= 0.3 is 0 Å². The number of fused-ring (bicyclic) bond motifs is 1. The standard InChI is InChI=1S/C23H27N5O2/c1-15(2)28-21-19(13-25-28)18(12-16(3)26-21)22(30)24-14-23(11-7-10-20(29)27-23)17-8-5-4-6-9-17/h4-6,8-9,12-13,15H,7,10-11,14H2,1-3H3,(H,24,30)(H,27,29). The molecule has 1 atom stereocenters. The molecule has 0 saturated carbocycles. The lowest BCUT2D eigenvalue weighted by atomic mass is 9.82. The first kappa shape index (κ1) is 20.1. The zero-order chi connectivity index (χ0) is 21.3. The number of carbonyl (C=O) groups excluding carboxylic acids is 2. The van der Waals surface area contributed by atoms with E-state index in [4.69, 9.17) is 0 Å². The van der Waals surface area contributed by atoms with Crippen molar-refractivity contribution in [2.45, 2.75) is 51.6 Å². The molecular weight excluding hydrogens is 378 g/mol. The summed E-state index contributed by atoms with van der Waals surface area (Å²) in [5.74, 6) is -0.177. The third-order valence-corrected chi connectivity index (χ3v) is 5.69. The van der Waals surface area contributed by atoms with E-state index in [-0.39, 0.29) is 17.9 Å². The van der Waals surface area contributed by atoms with E-state index >= 15 is 0 Å². The van der Waals surface area contributed by atoms with Crippen molar-refractivity contribution in [2.75, 3.05) is 6.54 Å². The van der Waals surface area contributed by atoms with Gasteiger partial charge in [0.25, 0.3) is 5.91 Å². The van der Waals surface area contributed by atoms with Crippen molar-refractivity contribution in [2.24, 2.45) is 0 Å². The van der Waals surface area contributed by atoms with Gasteiger partial charge in [-0.2, -0.15) is 5.10 Å². The van der Waals surface area contributed by atoms with Crippen LogP contribution in [-0.2, 0) is 10.3 Å². The summed E-state index contributed by atoms with van der Waals surface area (Å²) in [5, 5.41) is 11.4. The summed E-state index contributed by atoms with van der Waals surface area (Å²) >= 11 is 0. The molecule has 3 heterocycles. The fourth-order valence-electron chi connectivity index (χ4n) is 4.19. The highest BCUT2D eigenvalue weighted by Gasteiger charge is 2.37. The Morgan fingerprint density at radius 2 is 2.07 bits per heavy atom. The molecule has 0 spiro atoms. The third kappa shape index (κ3) is 3.67. The van der Waals surface area contributed by atoms with E-state index in [0.717, 1.165) is 29.5 Å². The van der Waals surface area contributed by atoms with Gasteiger partial charge in [-0.25, -0.2) is 9.67 Å². The van der Waals surface area contributed by atoms with Gasteiger partial charge in [0.05, 0.1) is 22.7 Å². The van der Waals surface area contributed by atoms with Crippen LogP contribution in [-0.4, -0.2) is 33.1 Å². The van der Waals surface area contributed by atoms with Crippen LogP contribution in [0.1, 0.15) is 60.8 Å². The first-order valence-electron chi connectivity index (χ1n) is 10.4. The topological polar surface area (TPSA) is 88.9 Å². The van der Waals surface area contributed by atoms with Gasteiger partial charge in [-0.1, -0.05) is 30.3 Å². The number of rotatable bonds is 5. The number of amides is 2. The molecule has 2 N–H and O–H groups in total. The van der Waals surface area contributed by atoms with Crippen molar-refractivity contribution >= 4 is 22.8 Å². The zero-order valence-corrected chi connectivity index (χ0v) is 17.6. The van der Waals surface area contributed by atoms with Gasteiger partial charge in [0.1, 0.15) is 0 Å². The molecule has 1 saturated heterocycles. The normalized spacial score (nSPS) is 19.1. The van der Waals surface area contributed by atoms with E-state index in [1.165, 1.54) is 0 Å². The van der Waals surface area contributed by atoms with E-state index in [1.807, 2.05) is 55.8 Å². The summed E-state index contributed by atoms with van der Waals surface area (Å²) in [7, 11) is 0. The van der Waals surface area contributed by atoms with Crippen LogP contribution < -0.4 is 10.6 Å². The highest BCUT2D eigenvalue weighted by atomic mass is 16.2. The van der Waals surface area contributed by atoms with Gasteiger partial charge in [-0.05, 0) is 45.2 Å². The Bertz CT molecular complexity index is 1090. The maximum absolute atomic E-state index is 13.2. The van der Waals surface area contributed by atoms with E-state index in [9.17, 15) is 9.59 Å². The molecule has 2 amide bonds. The maximum atomic E-state index is 13.2. The minimum Gasteiger partial charge on any atom is -0.349 e. The largest absolute Gasteiger partial charge is 0.349 e. The quantitative estimate of drug-likeness (QED) is 0.682. The van der Waals surface area contributed by atoms with Crippen LogP contribution in [0.15, 0.2) is 42.6 Å². The van der Waals surface area contributed by atoms with Crippen molar-refractivity contribution in [3.63, 3.8) is 0 Å². The number of benzene rings is 1. The lowest BCUT2D eigenvalue weighted by molar-refractivity contribution is -0.125. The molecule has 0 bridgehead atoms. The minimum absolute atomic E-state index is 0.0136. The van der Waals surface area contributed by atoms with E-state index in [1.54, 1.807) is 12.3 Å². The molecule has 1 aliphatic rings. The summed E-state index contributed by atoms with van der Waals surface area (Å²) in [6, 6.07) is 11.8. The highest BCUT2D eigenvalue weighted by molar-refractivity contribution is 6.05. The molecule has 7 nitrogen and oxygen atoms in total. The second kappa shape index (κ2) is 7.89. The number of nitrogens with zero attached hydrogens (tertiary/aromatic N) is 3. The van der Waals surface area contributed by atoms with Crippen molar-refractivity contribution in [1.82, 2.24) is 25.4 Å². The molecule has 2 aromatic heterocycles. The van der Waals surface area contributed by atoms with Crippen LogP contribution >= 0.6 is 0 Å². The monoisotopic (exact) mass is 405 g/mol. The average molecular weight is 406 g/mol. The van der Waals surface area contributed by atoms with E-state index in [2.05, 4.69) is 20.7 Å². The number of pyridine rings is 1. The van der Waals surface area contributed by atoms with Crippen LogP contribution in [0.4, 0.5) is 0 Å². The second-order valence-electron chi connectivity index (χ2n) is 8.26. The minimum atomic E-state index is -0.602. The summed E-state index contributed by atoms with van der Waals surface area (Å²) in [6.45, 7) is 6.26. The first-order valence-corrected chi connectivity index (χ1v) is 10.4. The van der Waals surface area contributed by atoms with Gasteiger partial charge in [-0.3, -0.25) is 9.59 Å². The van der Waals surface area contributed by atoms with Crippen LogP contribution in [0.3, 0.4) is 0 Å². The Balaban J connectivity index is 1.64. The number of carbonyl (C=O) groups is 2. The summed E-state index contributed by atoms with van der Waals surface area (Å²) in [4.78, 5) is 30.0. The summed E-state index contributed by atoms with van der Waals surface area (Å²) in [6.07, 6.45) is 3.78. The Hall–Kier alpha value is -3.22. The second-order valence-corrected chi connectivity index (χ2v) is 8.26. The number of nitrogens with one attached hydrogen (secondary N) is 2.